The van der Waals surface area contributed by atoms with Crippen molar-refractivity contribution in [3.63, 3.8) is 0 Å². The van der Waals surface area contributed by atoms with Crippen LogP contribution in [0.2, 0.25) is 0 Å². The number of unbranched alkanes of at least 4 members (excludes halogenated alkanes) is 5. The fraction of sp³-hybridized carbons (Fsp3) is 0.824. The summed E-state index contributed by atoms with van der Waals surface area (Å²) in [6.45, 7) is 6.30. The van der Waals surface area contributed by atoms with Crippen molar-refractivity contribution in [1.82, 2.24) is 9.78 Å². The molecule has 0 fully saturated rings. The van der Waals surface area contributed by atoms with Gasteiger partial charge in [-0.3, -0.25) is 4.68 Å². The van der Waals surface area contributed by atoms with Crippen molar-refractivity contribution in [3.05, 3.63) is 16.4 Å². The highest BCUT2D eigenvalue weighted by Gasteiger charge is 2.38. The minimum atomic E-state index is -4.37. The Morgan fingerprint density at radius 3 is 2.09 bits per heavy atom. The number of hydrogen-bond donors (Lipinski definition) is 0. The normalized spacial score (nSPS) is 14.9. The average Bonchev–Trinajstić information content (AvgIpc) is 2.87. The number of rotatable bonds is 10. The van der Waals surface area contributed by atoms with Gasteiger partial charge >= 0.3 is 6.18 Å². The van der Waals surface area contributed by atoms with E-state index < -0.39 is 11.7 Å². The summed E-state index contributed by atoms with van der Waals surface area (Å²) in [6, 6.07) is 0. The van der Waals surface area contributed by atoms with Gasteiger partial charge in [0.15, 0.2) is 0 Å². The van der Waals surface area contributed by atoms with Gasteiger partial charge in [-0.1, -0.05) is 58.8 Å². The molecule has 0 bridgehead atoms. The molecule has 1 aromatic heterocycles. The first-order chi connectivity index (χ1) is 10.8. The summed E-state index contributed by atoms with van der Waals surface area (Å²) in [7, 11) is 0. The molecule has 0 N–H and O–H groups in total. The molecule has 23 heavy (non-hydrogen) atoms. The van der Waals surface area contributed by atoms with Crippen LogP contribution in [0.15, 0.2) is 10.8 Å². The zero-order valence-electron chi connectivity index (χ0n) is 14.3. The van der Waals surface area contributed by atoms with Crippen molar-refractivity contribution < 1.29 is 13.2 Å². The summed E-state index contributed by atoms with van der Waals surface area (Å²) in [5.74, 6) is 0. The third-order valence-electron chi connectivity index (χ3n) is 4.42. The Morgan fingerprint density at radius 2 is 1.57 bits per heavy atom. The zero-order valence-corrected chi connectivity index (χ0v) is 15.9. The van der Waals surface area contributed by atoms with Gasteiger partial charge in [-0.05, 0) is 35.7 Å². The highest BCUT2D eigenvalue weighted by Crippen LogP contribution is 2.39. The third-order valence-corrected chi connectivity index (χ3v) is 5.18. The molecule has 0 spiro atoms. The van der Waals surface area contributed by atoms with Gasteiger partial charge < -0.3 is 0 Å². The van der Waals surface area contributed by atoms with Crippen molar-refractivity contribution in [2.45, 2.75) is 90.3 Å². The Kier molecular flexibility index (Phi) is 8.11. The second-order valence-electron chi connectivity index (χ2n) is 6.52. The lowest BCUT2D eigenvalue weighted by molar-refractivity contribution is -0.138. The van der Waals surface area contributed by atoms with Gasteiger partial charge in [-0.15, -0.1) is 0 Å². The Hall–Kier alpha value is -0.520. The second-order valence-corrected chi connectivity index (χ2v) is 7.27. The molecule has 1 aromatic rings. The van der Waals surface area contributed by atoms with Crippen molar-refractivity contribution in [1.29, 1.82) is 0 Å². The highest BCUT2D eigenvalue weighted by atomic mass is 79.9. The number of hydrogen-bond acceptors (Lipinski definition) is 1. The Labute approximate surface area is 146 Å². The summed E-state index contributed by atoms with van der Waals surface area (Å²) in [5, 5.41) is 4.07. The van der Waals surface area contributed by atoms with Crippen LogP contribution in [-0.2, 0) is 11.7 Å². The first-order valence-electron chi connectivity index (χ1n) is 8.57. The van der Waals surface area contributed by atoms with E-state index in [2.05, 4.69) is 34.9 Å². The summed E-state index contributed by atoms with van der Waals surface area (Å²) >= 11 is 3.13. The Balaban J connectivity index is 2.90. The molecule has 0 aliphatic heterocycles. The molecular formula is C17H28BrF3N2. The van der Waals surface area contributed by atoms with Crippen LogP contribution in [0.5, 0.6) is 0 Å². The summed E-state index contributed by atoms with van der Waals surface area (Å²) in [6.07, 6.45) is 6.01. The molecule has 1 atom stereocenters. The van der Waals surface area contributed by atoms with Gasteiger partial charge in [0.25, 0.3) is 0 Å². The zero-order chi connectivity index (χ0) is 17.5. The molecule has 1 rings (SSSR count). The lowest BCUT2D eigenvalue weighted by Gasteiger charge is -2.31. The van der Waals surface area contributed by atoms with Gasteiger partial charge in [-0.25, -0.2) is 0 Å². The second kappa shape index (κ2) is 9.09. The van der Waals surface area contributed by atoms with E-state index in [4.69, 9.17) is 0 Å². The highest BCUT2D eigenvalue weighted by molar-refractivity contribution is 9.10. The monoisotopic (exact) mass is 396 g/mol. The number of halogens is 4. The fourth-order valence-corrected chi connectivity index (χ4v) is 3.75. The summed E-state index contributed by atoms with van der Waals surface area (Å²) < 4.78 is 40.6. The number of aromatic nitrogens is 2. The lowest BCUT2D eigenvalue weighted by Crippen LogP contribution is -2.31. The minimum absolute atomic E-state index is 0.0529. The van der Waals surface area contributed by atoms with Crippen LogP contribution >= 0.6 is 15.9 Å². The van der Waals surface area contributed by atoms with Crippen LogP contribution in [0.25, 0.3) is 0 Å². The molecule has 0 radical (unpaired) electrons. The number of nitrogens with zero attached hydrogens (tertiary/aromatic N) is 2. The molecule has 0 amide bonds. The van der Waals surface area contributed by atoms with Gasteiger partial charge in [0.1, 0.15) is 10.2 Å². The maximum absolute atomic E-state index is 13.0. The van der Waals surface area contributed by atoms with Crippen LogP contribution < -0.4 is 0 Å². The van der Waals surface area contributed by atoms with Crippen molar-refractivity contribution in [2.75, 3.05) is 0 Å². The molecule has 0 aromatic carbocycles. The first kappa shape index (κ1) is 20.5. The molecule has 0 aliphatic rings. The van der Waals surface area contributed by atoms with Crippen molar-refractivity contribution in [2.24, 2.45) is 0 Å². The lowest BCUT2D eigenvalue weighted by atomic mass is 9.88. The summed E-state index contributed by atoms with van der Waals surface area (Å²) in [5.41, 5.74) is -1.06. The first-order valence-corrected chi connectivity index (χ1v) is 9.36. The van der Waals surface area contributed by atoms with E-state index in [1.807, 2.05) is 6.92 Å². The van der Waals surface area contributed by atoms with Crippen LogP contribution in [0.3, 0.4) is 0 Å². The SMILES string of the molecule is CCCCCCCC(C)(CCCC)n1ncc(C(F)(F)F)c1Br. The van der Waals surface area contributed by atoms with Crippen LogP contribution in [0.1, 0.15) is 84.1 Å². The quantitative estimate of drug-likeness (QED) is 0.392. The van der Waals surface area contributed by atoms with Crippen molar-refractivity contribution in [3.8, 4) is 0 Å². The van der Waals surface area contributed by atoms with Gasteiger partial charge in [-0.2, -0.15) is 18.3 Å². The van der Waals surface area contributed by atoms with E-state index >= 15 is 0 Å². The third kappa shape index (κ3) is 5.80. The van der Waals surface area contributed by atoms with E-state index in [9.17, 15) is 13.2 Å². The van der Waals surface area contributed by atoms with Gasteiger partial charge in [0.05, 0.1) is 11.7 Å². The topological polar surface area (TPSA) is 17.8 Å². The Bertz CT molecular complexity index is 471. The molecule has 134 valence electrons. The van der Waals surface area contributed by atoms with Crippen LogP contribution in [-0.4, -0.2) is 9.78 Å². The van der Waals surface area contributed by atoms with E-state index in [-0.39, 0.29) is 10.1 Å². The Morgan fingerprint density at radius 1 is 1.00 bits per heavy atom. The maximum atomic E-state index is 13.0. The molecule has 1 heterocycles. The molecule has 0 aliphatic carbocycles. The maximum Gasteiger partial charge on any atom is 0.420 e. The molecule has 2 nitrogen and oxygen atoms in total. The minimum Gasteiger partial charge on any atom is -0.252 e. The van der Waals surface area contributed by atoms with Crippen LogP contribution in [0.4, 0.5) is 13.2 Å². The molecule has 0 saturated carbocycles. The molecular weight excluding hydrogens is 369 g/mol. The predicted octanol–water partition coefficient (Wildman–Crippen LogP) is 6.93. The standard InChI is InChI=1S/C17H28BrF3N2/c1-4-6-8-9-10-12-16(3,11-7-5-2)23-15(18)14(13-22-23)17(19,20)21/h13H,4-12H2,1-3H3. The number of alkyl halides is 3. The van der Waals surface area contributed by atoms with Crippen LogP contribution in [0, 0.1) is 0 Å². The van der Waals surface area contributed by atoms with Gasteiger partial charge in [0.2, 0.25) is 0 Å². The molecule has 6 heteroatoms. The largest absolute Gasteiger partial charge is 0.420 e. The summed E-state index contributed by atoms with van der Waals surface area (Å²) in [4.78, 5) is 0. The van der Waals surface area contributed by atoms with E-state index in [1.165, 1.54) is 19.3 Å². The van der Waals surface area contributed by atoms with E-state index in [0.29, 0.717) is 0 Å². The molecule has 1 unspecified atom stereocenters. The smallest absolute Gasteiger partial charge is 0.252 e. The van der Waals surface area contributed by atoms with E-state index in [0.717, 1.165) is 44.7 Å². The fourth-order valence-electron chi connectivity index (χ4n) is 2.90. The van der Waals surface area contributed by atoms with Crippen molar-refractivity contribution >= 4 is 15.9 Å². The predicted molar refractivity (Wildman–Crippen MR) is 91.5 cm³/mol. The van der Waals surface area contributed by atoms with E-state index in [1.54, 1.807) is 4.68 Å². The van der Waals surface area contributed by atoms with Gasteiger partial charge in [0, 0.05) is 0 Å². The molecule has 0 saturated heterocycles. The average molecular weight is 397 g/mol.